The number of para-hydroxylation sites is 1. The van der Waals surface area contributed by atoms with Crippen molar-refractivity contribution in [2.45, 2.75) is 6.54 Å². The van der Waals surface area contributed by atoms with Crippen molar-refractivity contribution in [3.05, 3.63) is 83.4 Å². The molecule has 0 radical (unpaired) electrons. The quantitative estimate of drug-likeness (QED) is 0.388. The van der Waals surface area contributed by atoms with Crippen LogP contribution < -0.4 is 5.73 Å². The lowest BCUT2D eigenvalue weighted by Crippen LogP contribution is -2.10. The largest absolute Gasteiger partial charge is 0.478 e. The summed E-state index contributed by atoms with van der Waals surface area (Å²) in [6.45, 7) is 0.560. The van der Waals surface area contributed by atoms with Crippen molar-refractivity contribution in [2.75, 3.05) is 0 Å². The molecule has 0 saturated heterocycles. The zero-order valence-electron chi connectivity index (χ0n) is 13.9. The lowest BCUT2D eigenvalue weighted by Gasteiger charge is -2.09. The maximum absolute atomic E-state index is 11.2. The van der Waals surface area contributed by atoms with Crippen molar-refractivity contribution in [3.8, 4) is 0 Å². The Balaban J connectivity index is 1.92. The number of nitrogen functional groups attached to an aromatic ring is 1. The molecule has 0 fully saturated rings. The van der Waals surface area contributed by atoms with E-state index < -0.39 is 5.97 Å². The number of nitrogens with two attached hydrogens (primary N) is 1. The van der Waals surface area contributed by atoms with Gasteiger partial charge in [-0.3, -0.25) is 5.41 Å². The first-order chi connectivity index (χ1) is 12.5. The molecule has 128 valence electrons. The molecule has 5 nitrogen and oxygen atoms in total. The summed E-state index contributed by atoms with van der Waals surface area (Å²) in [5.41, 5.74) is 9.62. The fourth-order valence-electron chi connectivity index (χ4n) is 3.38. The molecule has 0 aliphatic rings. The average Bonchev–Trinajstić information content (AvgIpc) is 2.95. The molecule has 1 aromatic heterocycles. The summed E-state index contributed by atoms with van der Waals surface area (Å²) in [5, 5.41) is 19.0. The van der Waals surface area contributed by atoms with Gasteiger partial charge in [0.2, 0.25) is 0 Å². The molecular weight excluding hydrogens is 326 g/mol. The van der Waals surface area contributed by atoms with Crippen LogP contribution in [-0.4, -0.2) is 21.5 Å². The van der Waals surface area contributed by atoms with E-state index in [0.717, 1.165) is 27.4 Å². The minimum atomic E-state index is -0.930. The van der Waals surface area contributed by atoms with Crippen LogP contribution in [0, 0.1) is 5.41 Å². The van der Waals surface area contributed by atoms with Crippen LogP contribution in [0.2, 0.25) is 0 Å². The monoisotopic (exact) mass is 343 g/mol. The second kappa shape index (κ2) is 6.04. The highest BCUT2D eigenvalue weighted by Gasteiger charge is 2.12. The van der Waals surface area contributed by atoms with Gasteiger partial charge < -0.3 is 15.4 Å². The van der Waals surface area contributed by atoms with Crippen LogP contribution in [-0.2, 0) is 6.54 Å². The van der Waals surface area contributed by atoms with E-state index in [1.807, 2.05) is 48.5 Å². The van der Waals surface area contributed by atoms with Crippen molar-refractivity contribution in [1.82, 2.24) is 4.57 Å². The molecule has 0 saturated carbocycles. The number of fused-ring (bicyclic) bond motifs is 3. The fraction of sp³-hybridized carbons (Fsp3) is 0.0476. The zero-order chi connectivity index (χ0) is 18.3. The smallest absolute Gasteiger partial charge is 0.335 e. The van der Waals surface area contributed by atoms with E-state index in [-0.39, 0.29) is 11.4 Å². The maximum atomic E-state index is 11.2. The molecule has 4 N–H and O–H groups in total. The van der Waals surface area contributed by atoms with E-state index in [4.69, 9.17) is 11.1 Å². The van der Waals surface area contributed by atoms with Crippen LogP contribution in [0.1, 0.15) is 21.5 Å². The first-order valence-corrected chi connectivity index (χ1v) is 8.22. The normalized spacial score (nSPS) is 11.1. The van der Waals surface area contributed by atoms with E-state index in [1.165, 1.54) is 0 Å². The summed E-state index contributed by atoms with van der Waals surface area (Å²) in [6, 6.07) is 20.8. The van der Waals surface area contributed by atoms with Crippen LogP contribution in [0.25, 0.3) is 21.8 Å². The van der Waals surface area contributed by atoms with Gasteiger partial charge in [-0.15, -0.1) is 0 Å². The van der Waals surface area contributed by atoms with Crippen molar-refractivity contribution in [1.29, 1.82) is 5.41 Å². The van der Waals surface area contributed by atoms with Crippen LogP contribution in [0.15, 0.2) is 66.7 Å². The first kappa shape index (κ1) is 15.9. The molecule has 0 aliphatic carbocycles. The molecule has 3 aromatic carbocycles. The number of carbonyl (C=O) groups is 1. The number of hydrogen-bond acceptors (Lipinski definition) is 2. The number of nitrogens with zero attached hydrogens (tertiary/aromatic N) is 1. The molecule has 26 heavy (non-hydrogen) atoms. The van der Waals surface area contributed by atoms with Gasteiger partial charge in [0.15, 0.2) is 0 Å². The van der Waals surface area contributed by atoms with E-state index in [1.54, 1.807) is 18.2 Å². The van der Waals surface area contributed by atoms with Crippen molar-refractivity contribution in [3.63, 3.8) is 0 Å². The molecule has 4 rings (SSSR count). The number of aromatic nitrogens is 1. The van der Waals surface area contributed by atoms with Gasteiger partial charge in [0, 0.05) is 33.9 Å². The van der Waals surface area contributed by atoms with E-state index in [9.17, 15) is 9.90 Å². The number of carboxylic acid groups (broad SMARTS) is 1. The topological polar surface area (TPSA) is 92.1 Å². The molecule has 4 aromatic rings. The molecule has 0 amide bonds. The third-order valence-electron chi connectivity index (χ3n) is 4.60. The summed E-state index contributed by atoms with van der Waals surface area (Å²) < 4.78 is 2.16. The molecule has 0 aliphatic heterocycles. The molecule has 0 spiro atoms. The van der Waals surface area contributed by atoms with Crippen molar-refractivity contribution < 1.29 is 9.90 Å². The van der Waals surface area contributed by atoms with Crippen LogP contribution in [0.3, 0.4) is 0 Å². The highest BCUT2D eigenvalue weighted by molar-refractivity contribution is 6.10. The number of amidine groups is 1. The Labute approximate surface area is 149 Å². The molecular formula is C21H17N3O2. The molecule has 1 heterocycles. The van der Waals surface area contributed by atoms with Crippen molar-refractivity contribution in [2.24, 2.45) is 5.73 Å². The molecule has 0 bridgehead atoms. The van der Waals surface area contributed by atoms with Crippen molar-refractivity contribution >= 4 is 33.6 Å². The Bertz CT molecular complexity index is 1170. The number of hydrogen-bond donors (Lipinski definition) is 3. The number of rotatable bonds is 4. The molecule has 0 atom stereocenters. The Kier molecular flexibility index (Phi) is 3.69. The molecule has 5 heteroatoms. The van der Waals surface area contributed by atoms with Gasteiger partial charge in [-0.25, -0.2) is 4.79 Å². The van der Waals surface area contributed by atoms with Gasteiger partial charge in [0.25, 0.3) is 0 Å². The summed E-state index contributed by atoms with van der Waals surface area (Å²) in [7, 11) is 0. The Hall–Kier alpha value is -3.60. The van der Waals surface area contributed by atoms with Crippen LogP contribution in [0.5, 0.6) is 0 Å². The molecule has 0 unspecified atom stereocenters. The van der Waals surface area contributed by atoms with Gasteiger partial charge in [-0.2, -0.15) is 0 Å². The van der Waals surface area contributed by atoms with E-state index in [2.05, 4.69) is 4.57 Å². The highest BCUT2D eigenvalue weighted by atomic mass is 16.4. The Morgan fingerprint density at radius 2 is 1.69 bits per heavy atom. The Morgan fingerprint density at radius 1 is 0.923 bits per heavy atom. The minimum absolute atomic E-state index is 0.0397. The second-order valence-corrected chi connectivity index (χ2v) is 6.25. The summed E-state index contributed by atoms with van der Waals surface area (Å²) in [6.07, 6.45) is 0. The third kappa shape index (κ3) is 2.59. The van der Waals surface area contributed by atoms with Crippen LogP contribution >= 0.6 is 0 Å². The number of aromatic carboxylic acids is 1. The predicted octanol–water partition coefficient (Wildman–Crippen LogP) is 3.83. The second-order valence-electron chi connectivity index (χ2n) is 6.25. The highest BCUT2D eigenvalue weighted by Crippen LogP contribution is 2.30. The fourth-order valence-corrected chi connectivity index (χ4v) is 3.38. The number of carboxylic acids is 1. The van der Waals surface area contributed by atoms with Gasteiger partial charge in [0.1, 0.15) is 5.84 Å². The summed E-state index contributed by atoms with van der Waals surface area (Å²) >= 11 is 0. The van der Waals surface area contributed by atoms with Gasteiger partial charge in [-0.1, -0.05) is 30.3 Å². The van der Waals surface area contributed by atoms with Crippen LogP contribution in [0.4, 0.5) is 0 Å². The Morgan fingerprint density at radius 3 is 2.46 bits per heavy atom. The van der Waals surface area contributed by atoms with Gasteiger partial charge in [0.05, 0.1) is 5.56 Å². The standard InChI is InChI=1S/C21H17N3O2/c22-20(23)14-8-9-19-17(11-14)16-6-1-2-7-18(16)24(19)12-13-4-3-5-15(10-13)21(25)26/h1-11H,12H2,(H3,22,23)(H,25,26). The predicted molar refractivity (Wildman–Crippen MR) is 103 cm³/mol. The van der Waals surface area contributed by atoms with E-state index in [0.29, 0.717) is 12.1 Å². The lowest BCUT2D eigenvalue weighted by atomic mass is 10.1. The number of nitrogens with one attached hydrogen (secondary N) is 1. The SMILES string of the molecule is N=C(N)c1ccc2c(c1)c1ccccc1n2Cc1cccc(C(=O)O)c1. The first-order valence-electron chi connectivity index (χ1n) is 8.22. The average molecular weight is 343 g/mol. The maximum Gasteiger partial charge on any atom is 0.335 e. The number of benzene rings is 3. The van der Waals surface area contributed by atoms with Gasteiger partial charge in [-0.05, 0) is 42.0 Å². The van der Waals surface area contributed by atoms with Gasteiger partial charge >= 0.3 is 5.97 Å². The summed E-state index contributed by atoms with van der Waals surface area (Å²) in [5.74, 6) is -0.891. The lowest BCUT2D eigenvalue weighted by molar-refractivity contribution is 0.0696. The zero-order valence-corrected chi connectivity index (χ0v) is 13.9. The van der Waals surface area contributed by atoms with E-state index >= 15 is 0 Å². The third-order valence-corrected chi connectivity index (χ3v) is 4.60. The summed E-state index contributed by atoms with van der Waals surface area (Å²) in [4.78, 5) is 11.2. The minimum Gasteiger partial charge on any atom is -0.478 e.